The molecule has 2 aliphatic rings. The molecule has 34 heavy (non-hydrogen) atoms. The Bertz CT molecular complexity index is 1040. The third kappa shape index (κ3) is 5.44. The zero-order chi connectivity index (χ0) is 24.7. The minimum absolute atomic E-state index is 0.0260. The first-order chi connectivity index (χ1) is 16.4. The van der Waals surface area contributed by atoms with Crippen molar-refractivity contribution < 1.29 is 24.0 Å². The summed E-state index contributed by atoms with van der Waals surface area (Å²) in [5.41, 5.74) is 0.505. The predicted molar refractivity (Wildman–Crippen MR) is 126 cm³/mol. The number of likely N-dealkylation sites (tertiary alicyclic amines) is 1. The summed E-state index contributed by atoms with van der Waals surface area (Å²) in [6, 6.07) is 6.04. The summed E-state index contributed by atoms with van der Waals surface area (Å²) >= 11 is 0. The molecule has 1 aromatic rings. The van der Waals surface area contributed by atoms with E-state index in [1.165, 1.54) is 18.2 Å². The zero-order valence-corrected chi connectivity index (χ0v) is 19.7. The third-order valence-corrected chi connectivity index (χ3v) is 5.72. The number of hydrogen-bond donors (Lipinski definition) is 1. The Hall–Kier alpha value is -3.69. The Morgan fingerprint density at radius 1 is 1.12 bits per heavy atom. The van der Waals surface area contributed by atoms with Crippen molar-refractivity contribution in [1.82, 2.24) is 10.2 Å². The van der Waals surface area contributed by atoms with Gasteiger partial charge < -0.3 is 19.7 Å². The van der Waals surface area contributed by atoms with Crippen LogP contribution in [-0.2, 0) is 19.1 Å². The molecule has 0 saturated carbocycles. The van der Waals surface area contributed by atoms with Crippen molar-refractivity contribution in [2.75, 3.05) is 26.3 Å². The first-order valence-corrected chi connectivity index (χ1v) is 11.5. The summed E-state index contributed by atoms with van der Waals surface area (Å²) in [6.45, 7) is 6.89. The van der Waals surface area contributed by atoms with E-state index in [2.05, 4.69) is 15.2 Å². The van der Waals surface area contributed by atoms with Gasteiger partial charge in [0, 0.05) is 30.4 Å². The quantitative estimate of drug-likeness (QED) is 0.202. The molecular formula is C24H30N4O6. The number of ether oxygens (including phenoxy) is 2. The van der Waals surface area contributed by atoms with Gasteiger partial charge in [-0.2, -0.15) is 0 Å². The van der Waals surface area contributed by atoms with Crippen molar-refractivity contribution >= 4 is 24.0 Å². The van der Waals surface area contributed by atoms with Crippen LogP contribution in [0.2, 0.25) is 0 Å². The van der Waals surface area contributed by atoms with Gasteiger partial charge in [-0.15, -0.1) is 0 Å². The molecule has 1 unspecified atom stereocenters. The van der Waals surface area contributed by atoms with E-state index in [9.17, 15) is 19.7 Å². The fraction of sp³-hybridized carbons (Fsp3) is 0.458. The number of nitro benzene ring substituents is 1. The van der Waals surface area contributed by atoms with Gasteiger partial charge in [-0.25, -0.2) is 14.6 Å². The van der Waals surface area contributed by atoms with E-state index in [0.29, 0.717) is 5.70 Å². The zero-order valence-electron chi connectivity index (χ0n) is 19.7. The van der Waals surface area contributed by atoms with Crippen LogP contribution in [0.15, 0.2) is 51.9 Å². The molecule has 1 saturated heterocycles. The molecule has 1 aromatic carbocycles. The van der Waals surface area contributed by atoms with Gasteiger partial charge in [0.05, 0.1) is 41.5 Å². The Morgan fingerprint density at radius 2 is 1.74 bits per heavy atom. The van der Waals surface area contributed by atoms with E-state index in [1.807, 2.05) is 0 Å². The highest BCUT2D eigenvalue weighted by Gasteiger charge is 2.42. The number of aliphatic imine (C=N–C) groups is 1. The average molecular weight is 471 g/mol. The Labute approximate surface area is 198 Å². The Kier molecular flexibility index (Phi) is 8.39. The van der Waals surface area contributed by atoms with Gasteiger partial charge in [0.15, 0.2) is 0 Å². The lowest BCUT2D eigenvalue weighted by molar-refractivity contribution is -0.385. The van der Waals surface area contributed by atoms with E-state index >= 15 is 0 Å². The van der Waals surface area contributed by atoms with Crippen LogP contribution in [0.1, 0.15) is 51.5 Å². The van der Waals surface area contributed by atoms with E-state index in [0.717, 1.165) is 32.4 Å². The first kappa shape index (κ1) is 24.9. The number of nitro groups is 1. The molecule has 10 heteroatoms. The second-order valence-electron chi connectivity index (χ2n) is 7.96. The smallest absolute Gasteiger partial charge is 0.338 e. The van der Waals surface area contributed by atoms with E-state index in [4.69, 9.17) is 9.47 Å². The number of allylic oxidation sites excluding steroid dienone is 1. The molecule has 0 aliphatic carbocycles. The van der Waals surface area contributed by atoms with Gasteiger partial charge in [0.25, 0.3) is 5.69 Å². The number of nitrogens with one attached hydrogen (secondary N) is 1. The van der Waals surface area contributed by atoms with Crippen molar-refractivity contribution in [3.8, 4) is 0 Å². The highest BCUT2D eigenvalue weighted by molar-refractivity contribution is 6.00. The van der Waals surface area contributed by atoms with Crippen LogP contribution in [-0.4, -0.2) is 54.4 Å². The molecule has 3 rings (SSSR count). The number of nitrogens with zero attached hydrogens (tertiary/aromatic N) is 3. The van der Waals surface area contributed by atoms with Crippen molar-refractivity contribution in [2.24, 2.45) is 4.99 Å². The van der Waals surface area contributed by atoms with E-state index < -0.39 is 22.8 Å². The second-order valence-corrected chi connectivity index (χ2v) is 7.96. The standard InChI is InChI=1S/C24H30N4O6/c1-4-33-23(29)19-16(3)26-22(25-15-27-13-9-6-10-14-27)21(24(30)34-5-2)20(19)17-11-7-8-12-18(17)28(31)32/h7-8,11-12,15,20,26H,4-6,9-10,13-14H2,1-3H3. The maximum absolute atomic E-state index is 13.2. The average Bonchev–Trinajstić information content (AvgIpc) is 2.83. The summed E-state index contributed by atoms with van der Waals surface area (Å²) in [5.74, 6) is -2.28. The van der Waals surface area contributed by atoms with Crippen molar-refractivity contribution in [3.63, 3.8) is 0 Å². The van der Waals surface area contributed by atoms with Gasteiger partial charge in [0.1, 0.15) is 5.82 Å². The van der Waals surface area contributed by atoms with Gasteiger partial charge in [-0.1, -0.05) is 18.2 Å². The molecule has 0 aromatic heterocycles. The number of dihydropyridines is 1. The van der Waals surface area contributed by atoms with Crippen LogP contribution in [0.5, 0.6) is 0 Å². The highest BCUT2D eigenvalue weighted by Crippen LogP contribution is 2.42. The summed E-state index contributed by atoms with van der Waals surface area (Å²) < 4.78 is 10.6. The van der Waals surface area contributed by atoms with Gasteiger partial charge in [-0.05, 0) is 40.0 Å². The summed E-state index contributed by atoms with van der Waals surface area (Å²) in [6.07, 6.45) is 4.92. The third-order valence-electron chi connectivity index (χ3n) is 5.72. The predicted octanol–water partition coefficient (Wildman–Crippen LogP) is 3.41. The lowest BCUT2D eigenvalue weighted by Crippen LogP contribution is -2.34. The molecule has 0 radical (unpaired) electrons. The summed E-state index contributed by atoms with van der Waals surface area (Å²) in [4.78, 5) is 44.1. The molecular weight excluding hydrogens is 440 g/mol. The number of rotatable bonds is 8. The topological polar surface area (TPSA) is 123 Å². The lowest BCUT2D eigenvalue weighted by atomic mass is 9.80. The molecule has 2 heterocycles. The maximum Gasteiger partial charge on any atom is 0.338 e. The Balaban J connectivity index is 2.22. The number of carbonyl (C=O) groups excluding carboxylic acids is 2. The molecule has 0 spiro atoms. The SMILES string of the molecule is CCOC(=O)C1=C(C)NC(N=CN2CCCCC2)=C(C(=O)OCC)C1c1ccccc1[N+](=O)[O-]. The minimum atomic E-state index is -1.09. The molecule has 182 valence electrons. The molecule has 1 atom stereocenters. The number of piperidine rings is 1. The van der Waals surface area contributed by atoms with Gasteiger partial charge in [0.2, 0.25) is 0 Å². The monoisotopic (exact) mass is 470 g/mol. The van der Waals surface area contributed by atoms with Gasteiger partial charge >= 0.3 is 11.9 Å². The van der Waals surface area contributed by atoms with E-state index in [-0.39, 0.29) is 41.4 Å². The van der Waals surface area contributed by atoms with Crippen LogP contribution in [0.4, 0.5) is 5.69 Å². The van der Waals surface area contributed by atoms with Gasteiger partial charge in [-0.3, -0.25) is 10.1 Å². The normalized spacial score (nSPS) is 18.7. The number of para-hydroxylation sites is 1. The lowest BCUT2D eigenvalue weighted by Gasteiger charge is -2.30. The van der Waals surface area contributed by atoms with Crippen LogP contribution in [0.3, 0.4) is 0 Å². The van der Waals surface area contributed by atoms with Crippen molar-refractivity contribution in [2.45, 2.75) is 46.0 Å². The fourth-order valence-corrected chi connectivity index (χ4v) is 4.20. The molecule has 0 amide bonds. The number of carbonyl (C=O) groups is 2. The molecule has 0 bridgehead atoms. The maximum atomic E-state index is 13.2. The fourth-order valence-electron chi connectivity index (χ4n) is 4.20. The second kappa shape index (κ2) is 11.4. The van der Waals surface area contributed by atoms with E-state index in [1.54, 1.807) is 33.2 Å². The number of esters is 2. The summed E-state index contributed by atoms with van der Waals surface area (Å²) in [5, 5.41) is 14.9. The number of hydrogen-bond acceptors (Lipinski definition) is 8. The highest BCUT2D eigenvalue weighted by atomic mass is 16.6. The largest absolute Gasteiger partial charge is 0.463 e. The van der Waals surface area contributed by atoms with Crippen LogP contribution >= 0.6 is 0 Å². The van der Waals surface area contributed by atoms with Crippen LogP contribution < -0.4 is 5.32 Å². The van der Waals surface area contributed by atoms with Crippen molar-refractivity contribution in [1.29, 1.82) is 0 Å². The molecule has 10 nitrogen and oxygen atoms in total. The first-order valence-electron chi connectivity index (χ1n) is 11.5. The summed E-state index contributed by atoms with van der Waals surface area (Å²) in [7, 11) is 0. The number of benzene rings is 1. The Morgan fingerprint density at radius 3 is 2.35 bits per heavy atom. The molecule has 2 aliphatic heterocycles. The van der Waals surface area contributed by atoms with Crippen LogP contribution in [0.25, 0.3) is 0 Å². The molecule has 1 fully saturated rings. The van der Waals surface area contributed by atoms with Crippen molar-refractivity contribution in [3.05, 3.63) is 62.6 Å². The van der Waals surface area contributed by atoms with Crippen LogP contribution in [0, 0.1) is 10.1 Å². The molecule has 1 N–H and O–H groups in total. The minimum Gasteiger partial charge on any atom is -0.463 e.